The molecule has 0 aliphatic rings. The number of aryl methyl sites for hydroxylation is 1. The van der Waals surface area contributed by atoms with Crippen LogP contribution >= 0.6 is 0 Å². The number of carbonyl (C=O) groups excluding carboxylic acids is 2. The third kappa shape index (κ3) is 4.52. The molecular weight excluding hydrogens is 354 g/mol. The molecule has 0 spiro atoms. The fourth-order valence-corrected chi connectivity index (χ4v) is 3.29. The Labute approximate surface area is 164 Å². The van der Waals surface area contributed by atoms with Crippen molar-refractivity contribution in [2.75, 3.05) is 6.54 Å². The van der Waals surface area contributed by atoms with Gasteiger partial charge in [0.05, 0.1) is 18.4 Å². The summed E-state index contributed by atoms with van der Waals surface area (Å²) >= 11 is 0. The van der Waals surface area contributed by atoms with E-state index < -0.39 is 5.91 Å². The SMILES string of the molecule is Cc1cc(C(=O)N(CCC(N)=O)Cc2ccccc2)c(C)n1Cc1ccco1. The minimum atomic E-state index is -0.422. The average molecular weight is 379 g/mol. The van der Waals surface area contributed by atoms with E-state index in [2.05, 4.69) is 4.57 Å². The maximum absolute atomic E-state index is 13.3. The van der Waals surface area contributed by atoms with Crippen LogP contribution in [0.2, 0.25) is 0 Å². The number of benzene rings is 1. The van der Waals surface area contributed by atoms with E-state index in [0.29, 0.717) is 18.7 Å². The lowest BCUT2D eigenvalue weighted by Crippen LogP contribution is -2.34. The number of nitrogens with zero attached hydrogens (tertiary/aromatic N) is 2. The van der Waals surface area contributed by atoms with Gasteiger partial charge in [-0.25, -0.2) is 0 Å². The van der Waals surface area contributed by atoms with Crippen LogP contribution in [0.4, 0.5) is 0 Å². The second-order valence-corrected chi connectivity index (χ2v) is 6.88. The van der Waals surface area contributed by atoms with Crippen molar-refractivity contribution < 1.29 is 14.0 Å². The number of hydrogen-bond acceptors (Lipinski definition) is 3. The van der Waals surface area contributed by atoms with Gasteiger partial charge in [-0.2, -0.15) is 0 Å². The highest BCUT2D eigenvalue weighted by molar-refractivity contribution is 5.96. The second kappa shape index (κ2) is 8.61. The lowest BCUT2D eigenvalue weighted by Gasteiger charge is -2.22. The first-order chi connectivity index (χ1) is 13.5. The maximum Gasteiger partial charge on any atom is 0.255 e. The summed E-state index contributed by atoms with van der Waals surface area (Å²) in [7, 11) is 0. The molecule has 2 heterocycles. The smallest absolute Gasteiger partial charge is 0.255 e. The summed E-state index contributed by atoms with van der Waals surface area (Å²) in [6.45, 7) is 5.17. The van der Waals surface area contributed by atoms with Crippen LogP contribution in [-0.2, 0) is 17.9 Å². The van der Waals surface area contributed by atoms with Crippen LogP contribution in [0, 0.1) is 13.8 Å². The number of carbonyl (C=O) groups is 2. The lowest BCUT2D eigenvalue weighted by molar-refractivity contribution is -0.118. The average Bonchev–Trinajstić information content (AvgIpc) is 3.29. The zero-order chi connectivity index (χ0) is 20.1. The van der Waals surface area contributed by atoms with Crippen LogP contribution in [-0.4, -0.2) is 27.8 Å². The molecule has 0 atom stereocenters. The Morgan fingerprint density at radius 3 is 2.50 bits per heavy atom. The molecule has 28 heavy (non-hydrogen) atoms. The van der Waals surface area contributed by atoms with Crippen molar-refractivity contribution >= 4 is 11.8 Å². The van der Waals surface area contributed by atoms with E-state index in [1.807, 2.05) is 62.4 Å². The molecule has 0 aliphatic carbocycles. The zero-order valence-corrected chi connectivity index (χ0v) is 16.2. The molecule has 0 saturated carbocycles. The van der Waals surface area contributed by atoms with E-state index in [0.717, 1.165) is 22.7 Å². The van der Waals surface area contributed by atoms with Crippen molar-refractivity contribution in [1.82, 2.24) is 9.47 Å². The highest BCUT2D eigenvalue weighted by Gasteiger charge is 2.22. The van der Waals surface area contributed by atoms with Gasteiger partial charge in [0.1, 0.15) is 5.76 Å². The molecule has 2 amide bonds. The number of furan rings is 1. The summed E-state index contributed by atoms with van der Waals surface area (Å²) in [5.74, 6) is 0.300. The first kappa shape index (κ1) is 19.5. The minimum Gasteiger partial charge on any atom is -0.467 e. The zero-order valence-electron chi connectivity index (χ0n) is 16.2. The topological polar surface area (TPSA) is 81.5 Å². The number of rotatable bonds is 8. The molecule has 146 valence electrons. The van der Waals surface area contributed by atoms with Gasteiger partial charge >= 0.3 is 0 Å². The minimum absolute atomic E-state index is 0.108. The Morgan fingerprint density at radius 2 is 1.86 bits per heavy atom. The molecule has 6 nitrogen and oxygen atoms in total. The fraction of sp³-hybridized carbons (Fsp3) is 0.273. The van der Waals surface area contributed by atoms with Gasteiger partial charge in [-0.05, 0) is 37.6 Å². The van der Waals surface area contributed by atoms with Gasteiger partial charge < -0.3 is 19.6 Å². The van der Waals surface area contributed by atoms with Crippen LogP contribution in [0.15, 0.2) is 59.2 Å². The highest BCUT2D eigenvalue weighted by Crippen LogP contribution is 2.20. The Kier molecular flexibility index (Phi) is 5.99. The molecular formula is C22H25N3O3. The quantitative estimate of drug-likeness (QED) is 0.652. The Morgan fingerprint density at radius 1 is 1.11 bits per heavy atom. The van der Waals surface area contributed by atoms with Crippen molar-refractivity contribution in [2.45, 2.75) is 33.4 Å². The summed E-state index contributed by atoms with van der Waals surface area (Å²) in [4.78, 5) is 26.3. The maximum atomic E-state index is 13.3. The van der Waals surface area contributed by atoms with E-state index in [1.54, 1.807) is 11.2 Å². The number of hydrogen-bond donors (Lipinski definition) is 1. The molecule has 2 N–H and O–H groups in total. The highest BCUT2D eigenvalue weighted by atomic mass is 16.3. The molecule has 0 radical (unpaired) electrons. The molecule has 3 rings (SSSR count). The number of primary amides is 1. The number of aromatic nitrogens is 1. The molecule has 0 saturated heterocycles. The van der Waals surface area contributed by atoms with E-state index >= 15 is 0 Å². The Balaban J connectivity index is 1.86. The third-order valence-electron chi connectivity index (χ3n) is 4.83. The lowest BCUT2D eigenvalue weighted by atomic mass is 10.1. The van der Waals surface area contributed by atoms with Crippen molar-refractivity contribution in [3.05, 3.63) is 83.1 Å². The van der Waals surface area contributed by atoms with Gasteiger partial charge in [0.2, 0.25) is 5.91 Å². The fourth-order valence-electron chi connectivity index (χ4n) is 3.29. The van der Waals surface area contributed by atoms with Crippen LogP contribution in [0.25, 0.3) is 0 Å². The Hall–Kier alpha value is -3.28. The normalized spacial score (nSPS) is 10.8. The molecule has 2 aromatic heterocycles. The van der Waals surface area contributed by atoms with Crippen molar-refractivity contribution in [3.63, 3.8) is 0 Å². The van der Waals surface area contributed by atoms with Gasteiger partial charge in [0.15, 0.2) is 0 Å². The molecule has 0 aliphatic heterocycles. The predicted molar refractivity (Wildman–Crippen MR) is 107 cm³/mol. The monoisotopic (exact) mass is 379 g/mol. The summed E-state index contributed by atoms with van der Waals surface area (Å²) in [6, 6.07) is 15.4. The molecule has 6 heteroatoms. The number of amides is 2. The first-order valence-corrected chi connectivity index (χ1v) is 9.26. The van der Waals surface area contributed by atoms with E-state index in [4.69, 9.17) is 10.2 Å². The van der Waals surface area contributed by atoms with Crippen LogP contribution in [0.3, 0.4) is 0 Å². The van der Waals surface area contributed by atoms with Crippen molar-refractivity contribution in [2.24, 2.45) is 5.73 Å². The first-order valence-electron chi connectivity index (χ1n) is 9.26. The summed E-state index contributed by atoms with van der Waals surface area (Å²) in [5, 5.41) is 0. The largest absolute Gasteiger partial charge is 0.467 e. The van der Waals surface area contributed by atoms with Gasteiger partial charge in [0, 0.05) is 30.9 Å². The second-order valence-electron chi connectivity index (χ2n) is 6.88. The van der Waals surface area contributed by atoms with Crippen LogP contribution in [0.1, 0.15) is 39.5 Å². The van der Waals surface area contributed by atoms with E-state index in [9.17, 15) is 9.59 Å². The third-order valence-corrected chi connectivity index (χ3v) is 4.83. The standard InChI is InChI=1S/C22H25N3O3/c1-16-13-20(17(2)25(16)15-19-9-6-12-28-19)22(27)24(11-10-21(23)26)14-18-7-4-3-5-8-18/h3-9,12-13H,10-11,14-15H2,1-2H3,(H2,23,26). The van der Waals surface area contributed by atoms with E-state index in [-0.39, 0.29) is 18.9 Å². The molecule has 0 bridgehead atoms. The van der Waals surface area contributed by atoms with Gasteiger partial charge in [-0.3, -0.25) is 9.59 Å². The summed E-state index contributed by atoms with van der Waals surface area (Å²) < 4.78 is 7.50. The van der Waals surface area contributed by atoms with Gasteiger partial charge in [-0.1, -0.05) is 30.3 Å². The van der Waals surface area contributed by atoms with Crippen LogP contribution < -0.4 is 5.73 Å². The van der Waals surface area contributed by atoms with Gasteiger partial charge in [0.25, 0.3) is 5.91 Å². The summed E-state index contributed by atoms with van der Waals surface area (Å²) in [6.07, 6.45) is 1.77. The van der Waals surface area contributed by atoms with Crippen molar-refractivity contribution in [1.29, 1.82) is 0 Å². The summed E-state index contributed by atoms with van der Waals surface area (Å²) in [5.41, 5.74) is 8.80. The van der Waals surface area contributed by atoms with Crippen molar-refractivity contribution in [3.8, 4) is 0 Å². The number of nitrogens with two attached hydrogens (primary N) is 1. The van der Waals surface area contributed by atoms with Crippen LogP contribution in [0.5, 0.6) is 0 Å². The predicted octanol–water partition coefficient (Wildman–Crippen LogP) is 3.26. The Bertz CT molecular complexity index is 943. The molecule has 1 aromatic carbocycles. The van der Waals surface area contributed by atoms with Gasteiger partial charge in [-0.15, -0.1) is 0 Å². The molecule has 3 aromatic rings. The van der Waals surface area contributed by atoms with E-state index in [1.165, 1.54) is 0 Å². The molecule has 0 fully saturated rings. The molecule has 0 unspecified atom stereocenters.